The number of carbonyl (C=O) groups is 1. The molecule has 8 nitrogen and oxygen atoms in total. The molecule has 3 aromatic heterocycles. The summed E-state index contributed by atoms with van der Waals surface area (Å²) >= 11 is 2.90. The summed E-state index contributed by atoms with van der Waals surface area (Å²) in [5, 5.41) is 18.5. The summed E-state index contributed by atoms with van der Waals surface area (Å²) < 4.78 is 9.12. The quantitative estimate of drug-likeness (QED) is 0.440. The lowest BCUT2D eigenvalue weighted by Crippen LogP contribution is -2.16. The monoisotopic (exact) mass is 440 g/mol. The maximum absolute atomic E-state index is 12.5. The molecule has 0 aliphatic rings. The van der Waals surface area contributed by atoms with Gasteiger partial charge < -0.3 is 10.1 Å². The Bertz CT molecular complexity index is 1170. The third kappa shape index (κ3) is 4.10. The molecule has 0 radical (unpaired) electrons. The number of rotatable bonds is 7. The van der Waals surface area contributed by atoms with Crippen LogP contribution < -0.4 is 10.1 Å². The summed E-state index contributed by atoms with van der Waals surface area (Å²) in [5.41, 5.74) is 1.66. The van der Waals surface area contributed by atoms with Gasteiger partial charge in [0.15, 0.2) is 11.0 Å². The van der Waals surface area contributed by atoms with Crippen molar-refractivity contribution in [1.82, 2.24) is 24.5 Å². The Morgan fingerprint density at radius 1 is 1.23 bits per heavy atom. The number of methoxy groups -OCH3 is 1. The van der Waals surface area contributed by atoms with Crippen LogP contribution >= 0.6 is 23.1 Å². The van der Waals surface area contributed by atoms with Crippen molar-refractivity contribution in [2.24, 2.45) is 7.05 Å². The largest absolute Gasteiger partial charge is 0.495 e. The standard InChI is InChI=1S/C20H20N6O2S2/c1-13-11-17(25(2)24-13)21-18(27)12-30-20-23-22-19(16-9-6-10-29-16)26(20)14-7-4-5-8-15(14)28-3/h4-11H,12H2,1-3H3,(H,21,27). The molecule has 1 aromatic carbocycles. The molecule has 0 aliphatic heterocycles. The van der Waals surface area contributed by atoms with Crippen LogP contribution in [0.4, 0.5) is 5.82 Å². The lowest BCUT2D eigenvalue weighted by molar-refractivity contribution is -0.113. The molecular formula is C20H20N6O2S2. The van der Waals surface area contributed by atoms with E-state index in [2.05, 4.69) is 20.6 Å². The van der Waals surface area contributed by atoms with Gasteiger partial charge in [0.1, 0.15) is 11.6 Å². The Hall–Kier alpha value is -3.11. The number of aromatic nitrogens is 5. The second kappa shape index (κ2) is 8.72. The van der Waals surface area contributed by atoms with Crippen molar-refractivity contribution in [3.8, 4) is 22.1 Å². The van der Waals surface area contributed by atoms with E-state index in [1.54, 1.807) is 30.2 Å². The number of hydrogen-bond donors (Lipinski definition) is 1. The smallest absolute Gasteiger partial charge is 0.235 e. The summed E-state index contributed by atoms with van der Waals surface area (Å²) in [6.07, 6.45) is 0. The summed E-state index contributed by atoms with van der Waals surface area (Å²) in [6.45, 7) is 1.88. The van der Waals surface area contributed by atoms with Gasteiger partial charge in [0.25, 0.3) is 0 Å². The number of thioether (sulfide) groups is 1. The van der Waals surface area contributed by atoms with E-state index in [9.17, 15) is 4.79 Å². The SMILES string of the molecule is COc1ccccc1-n1c(SCC(=O)Nc2cc(C)nn2C)nnc1-c1cccs1. The van der Waals surface area contributed by atoms with E-state index >= 15 is 0 Å². The second-order valence-electron chi connectivity index (χ2n) is 6.42. The van der Waals surface area contributed by atoms with Gasteiger partial charge in [-0.1, -0.05) is 30.0 Å². The summed E-state index contributed by atoms with van der Waals surface area (Å²) in [6, 6.07) is 13.5. The lowest BCUT2D eigenvalue weighted by atomic mass is 10.3. The predicted molar refractivity (Wildman–Crippen MR) is 119 cm³/mol. The van der Waals surface area contributed by atoms with Gasteiger partial charge >= 0.3 is 0 Å². The first kappa shape index (κ1) is 20.2. The molecule has 0 saturated heterocycles. The van der Waals surface area contributed by atoms with E-state index in [1.807, 2.05) is 59.3 Å². The van der Waals surface area contributed by atoms with E-state index < -0.39 is 0 Å². The molecule has 0 atom stereocenters. The second-order valence-corrected chi connectivity index (χ2v) is 8.31. The van der Waals surface area contributed by atoms with Gasteiger partial charge in [0.05, 0.1) is 29.1 Å². The molecule has 1 N–H and O–H groups in total. The minimum absolute atomic E-state index is 0.143. The van der Waals surface area contributed by atoms with Gasteiger partial charge in [-0.25, -0.2) is 0 Å². The minimum Gasteiger partial charge on any atom is -0.495 e. The van der Waals surface area contributed by atoms with E-state index in [-0.39, 0.29) is 11.7 Å². The fourth-order valence-electron chi connectivity index (χ4n) is 3.00. The summed E-state index contributed by atoms with van der Waals surface area (Å²) in [7, 11) is 3.42. The number of amides is 1. The van der Waals surface area contributed by atoms with Crippen LogP contribution in [0.2, 0.25) is 0 Å². The summed E-state index contributed by atoms with van der Waals surface area (Å²) in [4.78, 5) is 13.5. The fourth-order valence-corrected chi connectivity index (χ4v) is 4.44. The van der Waals surface area contributed by atoms with Crippen molar-refractivity contribution in [3.05, 3.63) is 53.5 Å². The maximum atomic E-state index is 12.5. The third-order valence-corrected chi connectivity index (χ3v) is 6.10. The number of thiophene rings is 1. The third-order valence-electron chi connectivity index (χ3n) is 4.30. The molecule has 0 aliphatic carbocycles. The number of anilines is 1. The van der Waals surface area contributed by atoms with Crippen molar-refractivity contribution < 1.29 is 9.53 Å². The molecule has 1 amide bonds. The molecule has 4 aromatic rings. The van der Waals surface area contributed by atoms with E-state index in [0.717, 1.165) is 16.3 Å². The first-order valence-electron chi connectivity index (χ1n) is 9.13. The van der Waals surface area contributed by atoms with Crippen LogP contribution in [0, 0.1) is 6.92 Å². The average Bonchev–Trinajstić information content (AvgIpc) is 3.46. The van der Waals surface area contributed by atoms with Crippen LogP contribution in [-0.2, 0) is 11.8 Å². The Balaban J connectivity index is 1.62. The van der Waals surface area contributed by atoms with Crippen LogP contribution in [0.15, 0.2) is 53.0 Å². The van der Waals surface area contributed by atoms with Gasteiger partial charge in [-0.05, 0) is 30.5 Å². The Labute approximate surface area is 181 Å². The Kier molecular flexibility index (Phi) is 5.86. The molecule has 3 heterocycles. The highest BCUT2D eigenvalue weighted by molar-refractivity contribution is 7.99. The van der Waals surface area contributed by atoms with Crippen molar-refractivity contribution >= 4 is 34.8 Å². The summed E-state index contributed by atoms with van der Waals surface area (Å²) in [5.74, 6) is 2.10. The van der Waals surface area contributed by atoms with Crippen molar-refractivity contribution in [3.63, 3.8) is 0 Å². The molecule has 0 spiro atoms. The van der Waals surface area contributed by atoms with Gasteiger partial charge in [-0.2, -0.15) is 5.10 Å². The van der Waals surface area contributed by atoms with Crippen LogP contribution in [0.25, 0.3) is 16.4 Å². The van der Waals surface area contributed by atoms with Crippen molar-refractivity contribution in [2.45, 2.75) is 12.1 Å². The number of carbonyl (C=O) groups excluding carboxylic acids is 1. The fraction of sp³-hybridized carbons (Fsp3) is 0.200. The zero-order valence-electron chi connectivity index (χ0n) is 16.7. The predicted octanol–water partition coefficient (Wildman–Crippen LogP) is 3.78. The number of para-hydroxylation sites is 2. The molecule has 0 saturated carbocycles. The normalized spacial score (nSPS) is 10.9. The van der Waals surface area contributed by atoms with Crippen LogP contribution in [-0.4, -0.2) is 43.3 Å². The Morgan fingerprint density at radius 3 is 2.77 bits per heavy atom. The number of nitrogens with one attached hydrogen (secondary N) is 1. The van der Waals surface area contributed by atoms with Crippen molar-refractivity contribution in [1.29, 1.82) is 0 Å². The van der Waals surface area contributed by atoms with E-state index in [4.69, 9.17) is 4.74 Å². The minimum atomic E-state index is -0.143. The number of aryl methyl sites for hydroxylation is 2. The highest BCUT2D eigenvalue weighted by Gasteiger charge is 2.20. The van der Waals surface area contributed by atoms with Crippen LogP contribution in [0.3, 0.4) is 0 Å². The first-order chi connectivity index (χ1) is 14.6. The number of hydrogen-bond acceptors (Lipinski definition) is 7. The highest BCUT2D eigenvalue weighted by atomic mass is 32.2. The molecule has 4 rings (SSSR count). The zero-order chi connectivity index (χ0) is 21.1. The molecule has 10 heteroatoms. The zero-order valence-corrected chi connectivity index (χ0v) is 18.3. The first-order valence-corrected chi connectivity index (χ1v) is 11.0. The molecule has 154 valence electrons. The molecule has 30 heavy (non-hydrogen) atoms. The van der Waals surface area contributed by atoms with Gasteiger partial charge in [-0.15, -0.1) is 21.5 Å². The molecule has 0 unspecified atom stereocenters. The van der Waals surface area contributed by atoms with Crippen molar-refractivity contribution in [2.75, 3.05) is 18.2 Å². The number of ether oxygens (including phenoxy) is 1. The average molecular weight is 441 g/mol. The van der Waals surface area contributed by atoms with Gasteiger partial charge in [0, 0.05) is 13.1 Å². The maximum Gasteiger partial charge on any atom is 0.235 e. The molecule has 0 bridgehead atoms. The van der Waals surface area contributed by atoms with Crippen LogP contribution in [0.5, 0.6) is 5.75 Å². The van der Waals surface area contributed by atoms with E-state index in [0.29, 0.717) is 22.5 Å². The number of benzene rings is 1. The topological polar surface area (TPSA) is 86.9 Å². The highest BCUT2D eigenvalue weighted by Crippen LogP contribution is 2.34. The van der Waals surface area contributed by atoms with Crippen LogP contribution in [0.1, 0.15) is 5.69 Å². The van der Waals surface area contributed by atoms with E-state index in [1.165, 1.54) is 11.8 Å². The Morgan fingerprint density at radius 2 is 2.07 bits per heavy atom. The number of nitrogens with zero attached hydrogens (tertiary/aromatic N) is 5. The molecular weight excluding hydrogens is 420 g/mol. The van der Waals surface area contributed by atoms with Gasteiger partial charge in [0.2, 0.25) is 5.91 Å². The van der Waals surface area contributed by atoms with Gasteiger partial charge in [-0.3, -0.25) is 14.0 Å². The lowest BCUT2D eigenvalue weighted by Gasteiger charge is -2.13. The molecule has 0 fully saturated rings.